The Morgan fingerprint density at radius 2 is 2.11 bits per heavy atom. The second-order valence-corrected chi connectivity index (χ2v) is 4.19. The van der Waals surface area contributed by atoms with Gasteiger partial charge in [0, 0.05) is 18.7 Å². The van der Waals surface area contributed by atoms with Gasteiger partial charge in [-0.2, -0.15) is 5.10 Å². The first kappa shape index (κ1) is 11.4. The summed E-state index contributed by atoms with van der Waals surface area (Å²) in [4.78, 5) is 15.2. The molecule has 5 nitrogen and oxygen atoms in total. The van der Waals surface area contributed by atoms with Crippen LogP contribution in [0.2, 0.25) is 0 Å². The maximum absolute atomic E-state index is 10.9. The van der Waals surface area contributed by atoms with Crippen LogP contribution in [0, 0.1) is 0 Å². The predicted octanol–water partition coefficient (Wildman–Crippen LogP) is 2.35. The molecule has 0 aromatic carbocycles. The molecule has 0 saturated carbocycles. The van der Waals surface area contributed by atoms with E-state index in [2.05, 4.69) is 15.4 Å². The molecule has 0 bridgehead atoms. The zero-order valence-corrected chi connectivity index (χ0v) is 10.4. The van der Waals surface area contributed by atoms with Crippen LogP contribution in [0.25, 0.3) is 16.8 Å². The van der Waals surface area contributed by atoms with E-state index < -0.39 is 0 Å². The molecule has 0 aliphatic carbocycles. The van der Waals surface area contributed by atoms with Gasteiger partial charge in [0.15, 0.2) is 0 Å². The molecule has 0 atom stereocenters. The average Bonchev–Trinajstić information content (AvgIpc) is 2.87. The number of carbonyl (C=O) groups excluding carboxylic acids is 1. The lowest BCUT2D eigenvalue weighted by Gasteiger charge is -2.06. The highest BCUT2D eigenvalue weighted by Gasteiger charge is 2.05. The molecule has 3 heterocycles. The fourth-order valence-electron chi connectivity index (χ4n) is 1.97. The van der Waals surface area contributed by atoms with Gasteiger partial charge in [-0.3, -0.25) is 4.79 Å². The third-order valence-corrected chi connectivity index (χ3v) is 2.78. The van der Waals surface area contributed by atoms with E-state index >= 15 is 0 Å². The summed E-state index contributed by atoms with van der Waals surface area (Å²) in [5.41, 5.74) is 2.94. The van der Waals surface area contributed by atoms with Crippen molar-refractivity contribution in [1.29, 1.82) is 0 Å². The van der Waals surface area contributed by atoms with Crippen molar-refractivity contribution in [2.24, 2.45) is 0 Å². The Kier molecular flexibility index (Phi) is 2.72. The van der Waals surface area contributed by atoms with E-state index in [1.54, 1.807) is 18.5 Å². The minimum absolute atomic E-state index is 0.130. The standard InChI is InChI=1S/C14H12N4O/c1-10(19)17-14-6-5-11(9-15-14)13-4-2-3-12-7-8-16-18(12)13/h2-9H,1H3,(H,15,17,19). The van der Waals surface area contributed by atoms with Gasteiger partial charge < -0.3 is 5.32 Å². The van der Waals surface area contributed by atoms with Crippen LogP contribution in [0.3, 0.4) is 0 Å². The molecule has 94 valence electrons. The minimum Gasteiger partial charge on any atom is -0.311 e. The van der Waals surface area contributed by atoms with E-state index in [-0.39, 0.29) is 5.91 Å². The Morgan fingerprint density at radius 1 is 1.21 bits per heavy atom. The summed E-state index contributed by atoms with van der Waals surface area (Å²) >= 11 is 0. The number of nitrogens with zero attached hydrogens (tertiary/aromatic N) is 3. The van der Waals surface area contributed by atoms with Gasteiger partial charge in [-0.15, -0.1) is 0 Å². The van der Waals surface area contributed by atoms with E-state index in [0.29, 0.717) is 5.82 Å². The summed E-state index contributed by atoms with van der Waals surface area (Å²) < 4.78 is 1.86. The highest BCUT2D eigenvalue weighted by Crippen LogP contribution is 2.20. The maximum Gasteiger partial charge on any atom is 0.222 e. The lowest BCUT2D eigenvalue weighted by Crippen LogP contribution is -2.07. The van der Waals surface area contributed by atoms with Crippen LogP contribution in [0.5, 0.6) is 0 Å². The van der Waals surface area contributed by atoms with Crippen molar-refractivity contribution in [3.8, 4) is 11.3 Å². The number of amides is 1. The van der Waals surface area contributed by atoms with Crippen molar-refractivity contribution < 1.29 is 4.79 Å². The largest absolute Gasteiger partial charge is 0.311 e. The lowest BCUT2D eigenvalue weighted by molar-refractivity contribution is -0.114. The first-order valence-corrected chi connectivity index (χ1v) is 5.91. The zero-order valence-electron chi connectivity index (χ0n) is 10.4. The number of anilines is 1. The van der Waals surface area contributed by atoms with Crippen molar-refractivity contribution in [3.63, 3.8) is 0 Å². The minimum atomic E-state index is -0.130. The number of aromatic nitrogens is 3. The van der Waals surface area contributed by atoms with Gasteiger partial charge in [0.1, 0.15) is 5.82 Å². The normalized spacial score (nSPS) is 10.6. The molecule has 0 radical (unpaired) electrons. The van der Waals surface area contributed by atoms with Crippen molar-refractivity contribution in [3.05, 3.63) is 48.8 Å². The summed E-state index contributed by atoms with van der Waals surface area (Å²) in [6.07, 6.45) is 3.49. The summed E-state index contributed by atoms with van der Waals surface area (Å²) in [7, 11) is 0. The number of rotatable bonds is 2. The number of fused-ring (bicyclic) bond motifs is 1. The molecule has 0 spiro atoms. The highest BCUT2D eigenvalue weighted by molar-refractivity contribution is 5.87. The van der Waals surface area contributed by atoms with Gasteiger partial charge in [0.2, 0.25) is 5.91 Å². The predicted molar refractivity (Wildman–Crippen MR) is 72.7 cm³/mol. The molecule has 5 heteroatoms. The van der Waals surface area contributed by atoms with E-state index in [1.807, 2.05) is 34.8 Å². The number of nitrogens with one attached hydrogen (secondary N) is 1. The van der Waals surface area contributed by atoms with E-state index in [4.69, 9.17) is 0 Å². The molecule has 3 aromatic rings. The Hall–Kier alpha value is -2.69. The number of hydrogen-bond acceptors (Lipinski definition) is 3. The third-order valence-electron chi connectivity index (χ3n) is 2.78. The monoisotopic (exact) mass is 252 g/mol. The first-order valence-electron chi connectivity index (χ1n) is 5.91. The topological polar surface area (TPSA) is 59.3 Å². The molecule has 1 amide bonds. The van der Waals surface area contributed by atoms with E-state index in [9.17, 15) is 4.79 Å². The molecular formula is C14H12N4O. The molecule has 1 N–H and O–H groups in total. The van der Waals surface area contributed by atoms with E-state index in [1.165, 1.54) is 6.92 Å². The number of carbonyl (C=O) groups is 1. The molecule has 0 unspecified atom stereocenters. The second kappa shape index (κ2) is 4.53. The SMILES string of the molecule is CC(=O)Nc1ccc(-c2cccc3ccnn23)cn1. The van der Waals surface area contributed by atoms with Crippen LogP contribution in [0.1, 0.15) is 6.92 Å². The van der Waals surface area contributed by atoms with Gasteiger partial charge in [-0.05, 0) is 30.3 Å². The van der Waals surface area contributed by atoms with Gasteiger partial charge in [0.25, 0.3) is 0 Å². The van der Waals surface area contributed by atoms with Crippen LogP contribution in [-0.4, -0.2) is 20.5 Å². The quantitative estimate of drug-likeness (QED) is 0.761. The maximum atomic E-state index is 10.9. The van der Waals surface area contributed by atoms with E-state index in [0.717, 1.165) is 16.8 Å². The molecule has 0 saturated heterocycles. The van der Waals surface area contributed by atoms with Gasteiger partial charge in [0.05, 0.1) is 17.4 Å². The van der Waals surface area contributed by atoms with Gasteiger partial charge in [-0.25, -0.2) is 9.50 Å². The average molecular weight is 252 g/mol. The smallest absolute Gasteiger partial charge is 0.222 e. The molecule has 0 aliphatic rings. The van der Waals surface area contributed by atoms with Crippen molar-refractivity contribution in [2.75, 3.05) is 5.32 Å². The van der Waals surface area contributed by atoms with Crippen molar-refractivity contribution in [2.45, 2.75) is 6.92 Å². The number of pyridine rings is 2. The molecular weight excluding hydrogens is 240 g/mol. The van der Waals surface area contributed by atoms with Gasteiger partial charge in [-0.1, -0.05) is 6.07 Å². The van der Waals surface area contributed by atoms with Crippen molar-refractivity contribution in [1.82, 2.24) is 14.6 Å². The summed E-state index contributed by atoms with van der Waals surface area (Å²) in [5.74, 6) is 0.415. The summed E-state index contributed by atoms with van der Waals surface area (Å²) in [6.45, 7) is 1.46. The Morgan fingerprint density at radius 3 is 2.84 bits per heavy atom. The highest BCUT2D eigenvalue weighted by atomic mass is 16.1. The molecule has 0 fully saturated rings. The number of hydrogen-bond donors (Lipinski definition) is 1. The first-order chi connectivity index (χ1) is 9.24. The third kappa shape index (κ3) is 2.18. The summed E-state index contributed by atoms with van der Waals surface area (Å²) in [6, 6.07) is 11.6. The van der Waals surface area contributed by atoms with Gasteiger partial charge >= 0.3 is 0 Å². The van der Waals surface area contributed by atoms with Crippen LogP contribution in [0.4, 0.5) is 5.82 Å². The molecule has 3 aromatic heterocycles. The Bertz CT molecular complexity index is 731. The van der Waals surface area contributed by atoms with Crippen molar-refractivity contribution >= 4 is 17.2 Å². The second-order valence-electron chi connectivity index (χ2n) is 4.19. The van der Waals surface area contributed by atoms with Crippen LogP contribution >= 0.6 is 0 Å². The Balaban J connectivity index is 2.02. The zero-order chi connectivity index (χ0) is 13.2. The van der Waals surface area contributed by atoms with Crippen LogP contribution in [-0.2, 0) is 4.79 Å². The Labute approximate surface area is 109 Å². The lowest BCUT2D eigenvalue weighted by atomic mass is 10.2. The summed E-state index contributed by atoms with van der Waals surface area (Å²) in [5, 5.41) is 6.93. The molecule has 19 heavy (non-hydrogen) atoms. The fourth-order valence-corrected chi connectivity index (χ4v) is 1.97. The van der Waals surface area contributed by atoms with Crippen LogP contribution < -0.4 is 5.32 Å². The fraction of sp³-hybridized carbons (Fsp3) is 0.0714. The molecule has 0 aliphatic heterocycles. The van der Waals surface area contributed by atoms with Crippen LogP contribution in [0.15, 0.2) is 48.8 Å². The molecule has 3 rings (SSSR count).